The van der Waals surface area contributed by atoms with Crippen LogP contribution >= 0.6 is 0 Å². The monoisotopic (exact) mass is 234 g/mol. The Balaban J connectivity index is 2.42. The van der Waals surface area contributed by atoms with Gasteiger partial charge in [0.25, 0.3) is 0 Å². The Bertz CT molecular complexity index is 425. The Labute approximate surface area is 104 Å². The van der Waals surface area contributed by atoms with Gasteiger partial charge in [0, 0.05) is 25.8 Å². The van der Waals surface area contributed by atoms with Crippen LogP contribution in [0.5, 0.6) is 5.75 Å². The van der Waals surface area contributed by atoms with Crippen molar-refractivity contribution in [3.8, 4) is 5.75 Å². The van der Waals surface area contributed by atoms with Crippen molar-refractivity contribution in [2.24, 2.45) is 0 Å². The van der Waals surface area contributed by atoms with E-state index in [0.717, 1.165) is 18.8 Å². The minimum absolute atomic E-state index is 0.625. The molecule has 0 unspecified atom stereocenters. The van der Waals surface area contributed by atoms with Gasteiger partial charge in [-0.1, -0.05) is 0 Å². The lowest BCUT2D eigenvalue weighted by molar-refractivity contribution is 0.409. The third-order valence-electron chi connectivity index (χ3n) is 3.89. The highest BCUT2D eigenvalue weighted by Crippen LogP contribution is 2.34. The first kappa shape index (κ1) is 12.2. The van der Waals surface area contributed by atoms with Crippen LogP contribution in [0.2, 0.25) is 0 Å². The molecule has 1 heterocycles. The van der Waals surface area contributed by atoms with E-state index in [1.165, 1.54) is 22.4 Å². The third kappa shape index (κ3) is 2.00. The van der Waals surface area contributed by atoms with Crippen LogP contribution in [0.1, 0.15) is 16.7 Å². The second kappa shape index (κ2) is 4.57. The van der Waals surface area contributed by atoms with Gasteiger partial charge in [-0.2, -0.15) is 0 Å². The van der Waals surface area contributed by atoms with Gasteiger partial charge in [-0.05, 0) is 43.5 Å². The first-order valence-corrected chi connectivity index (χ1v) is 6.14. The van der Waals surface area contributed by atoms with Crippen molar-refractivity contribution < 1.29 is 4.74 Å². The normalized spacial score (nSPS) is 15.6. The third-order valence-corrected chi connectivity index (χ3v) is 3.89. The topological polar surface area (TPSA) is 24.5 Å². The molecule has 0 saturated carbocycles. The van der Waals surface area contributed by atoms with E-state index in [1.807, 2.05) is 0 Å². The predicted octanol–water partition coefficient (Wildman–Crippen LogP) is 2.03. The van der Waals surface area contributed by atoms with Gasteiger partial charge in [-0.3, -0.25) is 0 Å². The molecule has 2 rings (SSSR count). The standard InChI is InChI=1S/C14H22N2O/c1-9-6-13(17-5)10(2)11(3)14(9)16(4)12-7-15-8-12/h6,12,15H,7-8H2,1-5H3. The summed E-state index contributed by atoms with van der Waals surface area (Å²) < 4.78 is 5.41. The van der Waals surface area contributed by atoms with Gasteiger partial charge in [-0.25, -0.2) is 0 Å². The Morgan fingerprint density at radius 2 is 1.88 bits per heavy atom. The molecule has 0 spiro atoms. The van der Waals surface area contributed by atoms with E-state index in [2.05, 4.69) is 44.1 Å². The summed E-state index contributed by atoms with van der Waals surface area (Å²) in [6.07, 6.45) is 0. The van der Waals surface area contributed by atoms with E-state index in [9.17, 15) is 0 Å². The minimum Gasteiger partial charge on any atom is -0.496 e. The van der Waals surface area contributed by atoms with Crippen molar-refractivity contribution >= 4 is 5.69 Å². The lowest BCUT2D eigenvalue weighted by Gasteiger charge is -2.39. The summed E-state index contributed by atoms with van der Waals surface area (Å²) in [5.41, 5.74) is 5.22. The second-order valence-electron chi connectivity index (χ2n) is 4.92. The van der Waals surface area contributed by atoms with Crippen molar-refractivity contribution in [2.75, 3.05) is 32.1 Å². The second-order valence-corrected chi connectivity index (χ2v) is 4.92. The maximum atomic E-state index is 5.41. The average Bonchev–Trinajstić information content (AvgIpc) is 2.21. The van der Waals surface area contributed by atoms with E-state index >= 15 is 0 Å². The van der Waals surface area contributed by atoms with E-state index in [1.54, 1.807) is 7.11 Å². The number of methoxy groups -OCH3 is 1. The Morgan fingerprint density at radius 1 is 1.24 bits per heavy atom. The van der Waals surface area contributed by atoms with Crippen molar-refractivity contribution in [3.63, 3.8) is 0 Å². The largest absolute Gasteiger partial charge is 0.496 e. The lowest BCUT2D eigenvalue weighted by atomic mass is 9.99. The first-order chi connectivity index (χ1) is 8.06. The molecule has 0 aromatic heterocycles. The number of hydrogen-bond donors (Lipinski definition) is 1. The molecule has 1 fully saturated rings. The highest BCUT2D eigenvalue weighted by atomic mass is 16.5. The van der Waals surface area contributed by atoms with Crippen LogP contribution in [0.4, 0.5) is 5.69 Å². The molecule has 0 atom stereocenters. The molecule has 1 aliphatic heterocycles. The van der Waals surface area contributed by atoms with Gasteiger partial charge in [0.2, 0.25) is 0 Å². The highest BCUT2D eigenvalue weighted by molar-refractivity contribution is 5.65. The Morgan fingerprint density at radius 3 is 2.35 bits per heavy atom. The van der Waals surface area contributed by atoms with Crippen LogP contribution in [0, 0.1) is 20.8 Å². The fraction of sp³-hybridized carbons (Fsp3) is 0.571. The molecular weight excluding hydrogens is 212 g/mol. The van der Waals surface area contributed by atoms with Gasteiger partial charge >= 0.3 is 0 Å². The van der Waals surface area contributed by atoms with Crippen LogP contribution in [0.3, 0.4) is 0 Å². The maximum Gasteiger partial charge on any atom is 0.122 e. The van der Waals surface area contributed by atoms with Gasteiger partial charge < -0.3 is 15.0 Å². The molecule has 1 aromatic rings. The summed E-state index contributed by atoms with van der Waals surface area (Å²) in [6.45, 7) is 8.64. The number of hydrogen-bond acceptors (Lipinski definition) is 3. The van der Waals surface area contributed by atoms with Gasteiger partial charge in [0.05, 0.1) is 13.2 Å². The summed E-state index contributed by atoms with van der Waals surface area (Å²) in [5, 5.41) is 3.32. The summed E-state index contributed by atoms with van der Waals surface area (Å²) in [6, 6.07) is 2.76. The first-order valence-electron chi connectivity index (χ1n) is 6.14. The zero-order valence-electron chi connectivity index (χ0n) is 11.4. The SMILES string of the molecule is COc1cc(C)c(N(C)C2CNC2)c(C)c1C. The number of anilines is 1. The van der Waals surface area contributed by atoms with Crippen molar-refractivity contribution in [3.05, 3.63) is 22.8 Å². The van der Waals surface area contributed by atoms with E-state index < -0.39 is 0 Å². The summed E-state index contributed by atoms with van der Waals surface area (Å²) in [5.74, 6) is 0.990. The number of aryl methyl sites for hydroxylation is 1. The number of nitrogens with one attached hydrogen (secondary N) is 1. The van der Waals surface area contributed by atoms with E-state index in [4.69, 9.17) is 4.74 Å². The number of likely N-dealkylation sites (N-methyl/N-ethyl adjacent to an activating group) is 1. The number of rotatable bonds is 3. The molecule has 3 heteroatoms. The van der Waals surface area contributed by atoms with Gasteiger partial charge in [0.1, 0.15) is 5.75 Å². The Kier molecular flexibility index (Phi) is 3.29. The molecule has 1 N–H and O–H groups in total. The zero-order valence-corrected chi connectivity index (χ0v) is 11.4. The van der Waals surface area contributed by atoms with E-state index in [0.29, 0.717) is 6.04 Å². The smallest absolute Gasteiger partial charge is 0.122 e. The quantitative estimate of drug-likeness (QED) is 0.866. The molecule has 1 saturated heterocycles. The van der Waals surface area contributed by atoms with Crippen LogP contribution in [-0.2, 0) is 0 Å². The van der Waals surface area contributed by atoms with Crippen molar-refractivity contribution in [2.45, 2.75) is 26.8 Å². The molecular formula is C14H22N2O. The van der Waals surface area contributed by atoms with Crippen LogP contribution < -0.4 is 15.0 Å². The predicted molar refractivity (Wildman–Crippen MR) is 72.3 cm³/mol. The summed E-state index contributed by atoms with van der Waals surface area (Å²) >= 11 is 0. The van der Waals surface area contributed by atoms with Crippen LogP contribution in [0.15, 0.2) is 6.07 Å². The molecule has 0 aliphatic carbocycles. The molecule has 3 nitrogen and oxygen atoms in total. The van der Waals surface area contributed by atoms with Crippen molar-refractivity contribution in [1.29, 1.82) is 0 Å². The lowest BCUT2D eigenvalue weighted by Crippen LogP contribution is -2.56. The summed E-state index contributed by atoms with van der Waals surface area (Å²) in [4.78, 5) is 2.40. The molecule has 17 heavy (non-hydrogen) atoms. The molecule has 0 bridgehead atoms. The fourth-order valence-corrected chi connectivity index (χ4v) is 2.52. The average molecular weight is 234 g/mol. The Hall–Kier alpha value is -1.22. The van der Waals surface area contributed by atoms with Crippen LogP contribution in [0.25, 0.3) is 0 Å². The zero-order chi connectivity index (χ0) is 12.6. The van der Waals surface area contributed by atoms with Gasteiger partial charge in [-0.15, -0.1) is 0 Å². The number of benzene rings is 1. The number of ether oxygens (including phenoxy) is 1. The van der Waals surface area contributed by atoms with Crippen molar-refractivity contribution in [1.82, 2.24) is 5.32 Å². The van der Waals surface area contributed by atoms with Crippen LogP contribution in [-0.4, -0.2) is 33.3 Å². The maximum absolute atomic E-state index is 5.41. The molecule has 1 aromatic carbocycles. The molecule has 0 radical (unpaired) electrons. The number of nitrogens with zero attached hydrogens (tertiary/aromatic N) is 1. The van der Waals surface area contributed by atoms with E-state index in [-0.39, 0.29) is 0 Å². The molecule has 1 aliphatic rings. The molecule has 94 valence electrons. The fourth-order valence-electron chi connectivity index (χ4n) is 2.52. The minimum atomic E-state index is 0.625. The highest BCUT2D eigenvalue weighted by Gasteiger charge is 2.24. The molecule has 0 amide bonds. The summed E-state index contributed by atoms with van der Waals surface area (Å²) in [7, 11) is 3.92. The van der Waals surface area contributed by atoms with Gasteiger partial charge in [0.15, 0.2) is 0 Å².